The van der Waals surface area contributed by atoms with Crippen molar-refractivity contribution in [1.82, 2.24) is 9.97 Å². The number of benzene rings is 2. The van der Waals surface area contributed by atoms with E-state index in [-0.39, 0.29) is 7.37 Å². The lowest BCUT2D eigenvalue weighted by atomic mass is 10.2. The highest BCUT2D eigenvalue weighted by Crippen LogP contribution is 2.19. The van der Waals surface area contributed by atoms with Gasteiger partial charge in [-0.3, -0.25) is 0 Å². The summed E-state index contributed by atoms with van der Waals surface area (Å²) >= 11 is 0. The molecule has 1 fully saturated rings. The first-order valence-corrected chi connectivity index (χ1v) is 9.58. The van der Waals surface area contributed by atoms with Gasteiger partial charge in [0.25, 0.3) is 5.95 Å². The minimum Gasteiger partial charge on any atom is -0.383 e. The van der Waals surface area contributed by atoms with Gasteiger partial charge >= 0.3 is 0 Å². The van der Waals surface area contributed by atoms with E-state index in [1.807, 2.05) is 60.7 Å². The van der Waals surface area contributed by atoms with Gasteiger partial charge in [0.15, 0.2) is 0 Å². The van der Waals surface area contributed by atoms with Crippen molar-refractivity contribution in [2.75, 3.05) is 36.9 Å². The maximum atomic E-state index is 6.82. The summed E-state index contributed by atoms with van der Waals surface area (Å²) in [6, 6.07) is 20.8. The molecule has 0 radical (unpaired) electrons. The van der Waals surface area contributed by atoms with Crippen LogP contribution in [-0.4, -0.2) is 48.3 Å². The second kappa shape index (κ2) is 10.7. The number of amidine groups is 1. The van der Waals surface area contributed by atoms with Crippen molar-refractivity contribution in [3.8, 4) is 0 Å². The van der Waals surface area contributed by atoms with E-state index in [1.54, 1.807) is 6.07 Å². The highest BCUT2D eigenvalue weighted by Gasteiger charge is 2.14. The van der Waals surface area contributed by atoms with Crippen LogP contribution in [0.1, 0.15) is 12.6 Å². The molecule has 2 heterocycles. The number of anilines is 2. The van der Waals surface area contributed by atoms with Crippen LogP contribution in [0.4, 0.5) is 17.6 Å². The second-order valence-electron chi connectivity index (χ2n) is 6.47. The smallest absolute Gasteiger partial charge is 0.255 e. The molecule has 1 saturated heterocycles. The molecular formula is C22H27N7O. The number of nitrogens with two attached hydrogens (primary N) is 2. The monoisotopic (exact) mass is 405 g/mol. The van der Waals surface area contributed by atoms with E-state index < -0.39 is 0 Å². The molecule has 0 unspecified atom stereocenters. The van der Waals surface area contributed by atoms with Crippen molar-refractivity contribution in [1.29, 1.82) is 5.41 Å². The second-order valence-corrected chi connectivity index (χ2v) is 6.47. The molecule has 1 aromatic heterocycles. The molecule has 5 N–H and O–H groups in total. The van der Waals surface area contributed by atoms with Crippen molar-refractivity contribution in [3.05, 3.63) is 77.9 Å². The zero-order chi connectivity index (χ0) is 21.2. The highest BCUT2D eigenvalue weighted by molar-refractivity contribution is 5.98. The number of nitrogen functional groups attached to an aromatic ring is 1. The number of ether oxygens (including phenoxy) is 1. The van der Waals surface area contributed by atoms with Gasteiger partial charge in [-0.15, -0.1) is 0 Å². The number of morpholine rings is 1. The van der Waals surface area contributed by atoms with E-state index in [2.05, 4.69) is 19.9 Å². The fourth-order valence-electron chi connectivity index (χ4n) is 2.77. The van der Waals surface area contributed by atoms with Gasteiger partial charge in [-0.1, -0.05) is 60.7 Å². The molecular weight excluding hydrogens is 378 g/mol. The van der Waals surface area contributed by atoms with Crippen LogP contribution < -0.4 is 16.4 Å². The van der Waals surface area contributed by atoms with Gasteiger partial charge in [0.1, 0.15) is 17.5 Å². The summed E-state index contributed by atoms with van der Waals surface area (Å²) in [6.07, 6.45) is 1.33. The molecule has 2 aromatic carbocycles. The Morgan fingerprint density at radius 3 is 2.27 bits per heavy atom. The average molecular weight is 406 g/mol. The normalized spacial score (nSPS) is 13.9. The molecule has 0 saturated carbocycles. The maximum Gasteiger partial charge on any atom is 0.255 e. The minimum absolute atomic E-state index is 0. The van der Waals surface area contributed by atoms with Gasteiger partial charge in [0.05, 0.1) is 13.2 Å². The van der Waals surface area contributed by atoms with E-state index in [9.17, 15) is 0 Å². The van der Waals surface area contributed by atoms with Crippen LogP contribution >= 0.6 is 0 Å². The summed E-state index contributed by atoms with van der Waals surface area (Å²) in [4.78, 5) is 14.9. The topological polar surface area (TPSA) is 126 Å². The molecule has 4 rings (SSSR count). The zero-order valence-electron chi connectivity index (χ0n) is 16.6. The molecule has 156 valence electrons. The van der Waals surface area contributed by atoms with E-state index in [1.165, 1.54) is 6.21 Å². The summed E-state index contributed by atoms with van der Waals surface area (Å²) in [5, 5.41) is 6.82. The number of nitrogens with one attached hydrogen (secondary N) is 1. The molecule has 1 aliphatic heterocycles. The maximum absolute atomic E-state index is 6.82. The number of rotatable bonds is 4. The Morgan fingerprint density at radius 2 is 1.67 bits per heavy atom. The summed E-state index contributed by atoms with van der Waals surface area (Å²) in [5.41, 5.74) is 13.6. The quantitative estimate of drug-likeness (QED) is 0.452. The highest BCUT2D eigenvalue weighted by atomic mass is 16.5. The van der Waals surface area contributed by atoms with Crippen LogP contribution in [0.5, 0.6) is 0 Å². The first kappa shape index (κ1) is 20.9. The SMILES string of the molecule is N/C(=N\c1nc(N)cc(N2CCOCC2)n1)c1ccccc1.N=Cc1ccccc1.[HH]. The minimum atomic E-state index is 0. The molecule has 0 amide bonds. The number of aromatic nitrogens is 2. The van der Waals surface area contributed by atoms with Crippen LogP contribution in [0.2, 0.25) is 0 Å². The van der Waals surface area contributed by atoms with E-state index in [4.69, 9.17) is 21.6 Å². The van der Waals surface area contributed by atoms with Gasteiger partial charge in [0.2, 0.25) is 0 Å². The van der Waals surface area contributed by atoms with E-state index >= 15 is 0 Å². The number of aliphatic imine (C=N–C) groups is 1. The number of hydrogen-bond donors (Lipinski definition) is 3. The number of hydrogen-bond acceptors (Lipinski definition) is 7. The summed E-state index contributed by atoms with van der Waals surface area (Å²) < 4.78 is 5.34. The van der Waals surface area contributed by atoms with Gasteiger partial charge in [-0.05, 0) is 5.56 Å². The van der Waals surface area contributed by atoms with Crippen LogP contribution in [0.3, 0.4) is 0 Å². The lowest BCUT2D eigenvalue weighted by Gasteiger charge is -2.27. The molecule has 0 atom stereocenters. The Labute approximate surface area is 177 Å². The Bertz CT molecular complexity index is 978. The van der Waals surface area contributed by atoms with Crippen LogP contribution in [0.25, 0.3) is 0 Å². The van der Waals surface area contributed by atoms with Gasteiger partial charge in [-0.25, -0.2) is 0 Å². The molecule has 1 aliphatic rings. The fourth-order valence-corrected chi connectivity index (χ4v) is 2.77. The van der Waals surface area contributed by atoms with Gasteiger partial charge < -0.3 is 26.5 Å². The van der Waals surface area contributed by atoms with Crippen molar-refractivity contribution in [2.24, 2.45) is 10.7 Å². The van der Waals surface area contributed by atoms with Gasteiger partial charge in [0, 0.05) is 32.4 Å². The van der Waals surface area contributed by atoms with E-state index in [0.717, 1.165) is 30.0 Å². The molecule has 8 nitrogen and oxygen atoms in total. The molecule has 0 spiro atoms. The lowest BCUT2D eigenvalue weighted by Crippen LogP contribution is -2.36. The molecule has 30 heavy (non-hydrogen) atoms. The van der Waals surface area contributed by atoms with Crippen molar-refractivity contribution >= 4 is 29.6 Å². The van der Waals surface area contributed by atoms with E-state index in [0.29, 0.717) is 24.9 Å². The predicted octanol–water partition coefficient (Wildman–Crippen LogP) is 2.86. The lowest BCUT2D eigenvalue weighted by molar-refractivity contribution is 0.122. The standard InChI is InChI=1S/C15H18N6O.C7H7N.H2/c16-12-10-13(21-6-8-22-9-7-21)19-15(18-12)20-14(17)11-4-2-1-3-5-11;8-6-7-4-2-1-3-5-7;/h1-5,10H,6-9H2,(H4,16,17,18,19,20);1-6,8H;1H. The van der Waals surface area contributed by atoms with Crippen molar-refractivity contribution in [3.63, 3.8) is 0 Å². The number of nitrogens with zero attached hydrogens (tertiary/aromatic N) is 4. The van der Waals surface area contributed by atoms with Crippen molar-refractivity contribution < 1.29 is 6.16 Å². The largest absolute Gasteiger partial charge is 0.383 e. The Balaban J connectivity index is 0.000000322. The Kier molecular flexibility index (Phi) is 7.45. The molecule has 0 aliphatic carbocycles. The first-order chi connectivity index (χ1) is 14.7. The predicted molar refractivity (Wildman–Crippen MR) is 123 cm³/mol. The Morgan fingerprint density at radius 1 is 1.03 bits per heavy atom. The summed E-state index contributed by atoms with van der Waals surface area (Å²) in [5.74, 6) is 1.74. The third-order valence-electron chi connectivity index (χ3n) is 4.31. The third kappa shape index (κ3) is 6.11. The third-order valence-corrected chi connectivity index (χ3v) is 4.31. The summed E-state index contributed by atoms with van der Waals surface area (Å²) in [7, 11) is 0. The van der Waals surface area contributed by atoms with Crippen LogP contribution in [0.15, 0.2) is 71.7 Å². The summed E-state index contributed by atoms with van der Waals surface area (Å²) in [6.45, 7) is 2.89. The van der Waals surface area contributed by atoms with Gasteiger partial charge in [-0.2, -0.15) is 15.0 Å². The fraction of sp³-hybridized carbons (Fsp3) is 0.182. The molecule has 0 bridgehead atoms. The average Bonchev–Trinajstić information content (AvgIpc) is 2.81. The van der Waals surface area contributed by atoms with Crippen LogP contribution in [0, 0.1) is 5.41 Å². The Hall–Kier alpha value is -3.78. The molecule has 8 heteroatoms. The van der Waals surface area contributed by atoms with Crippen molar-refractivity contribution in [2.45, 2.75) is 0 Å². The first-order valence-electron chi connectivity index (χ1n) is 9.58. The molecule has 3 aromatic rings. The van der Waals surface area contributed by atoms with Crippen LogP contribution in [-0.2, 0) is 4.74 Å². The zero-order valence-corrected chi connectivity index (χ0v) is 16.6.